The molecule has 2 aromatic heterocycles. The van der Waals surface area contributed by atoms with E-state index in [1.165, 1.54) is 11.1 Å². The Morgan fingerprint density at radius 1 is 0.472 bits per heavy atom. The topological polar surface area (TPSA) is 38.8 Å². The normalized spacial score (nSPS) is 17.4. The zero-order valence-corrected chi connectivity index (χ0v) is 29.0. The van der Waals surface area contributed by atoms with E-state index in [0.29, 0.717) is 0 Å². The molecular formula is C49H33NO3. The lowest BCUT2D eigenvalue weighted by molar-refractivity contribution is 0.228. The second-order valence-corrected chi connectivity index (χ2v) is 14.3. The van der Waals surface area contributed by atoms with Gasteiger partial charge >= 0.3 is 0 Å². The van der Waals surface area contributed by atoms with Crippen LogP contribution in [0.4, 0.5) is 17.1 Å². The van der Waals surface area contributed by atoms with E-state index in [1.54, 1.807) is 0 Å². The van der Waals surface area contributed by atoms with Crippen molar-refractivity contribution in [2.75, 3.05) is 4.90 Å². The van der Waals surface area contributed by atoms with Crippen LogP contribution in [0.25, 0.3) is 66.1 Å². The summed E-state index contributed by atoms with van der Waals surface area (Å²) < 4.78 is 18.6. The second kappa shape index (κ2) is 11.4. The van der Waals surface area contributed by atoms with Gasteiger partial charge < -0.3 is 18.5 Å². The van der Waals surface area contributed by atoms with Crippen LogP contribution in [0.15, 0.2) is 185 Å². The number of ether oxygens (including phenoxy) is 1. The summed E-state index contributed by atoms with van der Waals surface area (Å²) >= 11 is 0. The third kappa shape index (κ3) is 4.69. The fourth-order valence-corrected chi connectivity index (χ4v) is 8.30. The Hall–Kier alpha value is -6.78. The van der Waals surface area contributed by atoms with Gasteiger partial charge in [0.25, 0.3) is 0 Å². The van der Waals surface area contributed by atoms with Crippen molar-refractivity contribution in [3.63, 3.8) is 0 Å². The van der Waals surface area contributed by atoms with Crippen LogP contribution < -0.4 is 9.64 Å². The van der Waals surface area contributed by atoms with Gasteiger partial charge in [0.1, 0.15) is 34.2 Å². The minimum Gasteiger partial charge on any atom is -0.485 e. The molecule has 4 nitrogen and oxygen atoms in total. The van der Waals surface area contributed by atoms with Gasteiger partial charge in [0, 0.05) is 44.2 Å². The van der Waals surface area contributed by atoms with Gasteiger partial charge in [-0.3, -0.25) is 0 Å². The monoisotopic (exact) mass is 683 g/mol. The second-order valence-electron chi connectivity index (χ2n) is 14.3. The molecule has 4 heteroatoms. The number of allylic oxidation sites excluding steroid dienone is 2. The highest BCUT2D eigenvalue weighted by atomic mass is 16.5. The number of fused-ring (bicyclic) bond motifs is 9. The molecule has 0 fully saturated rings. The molecule has 0 saturated heterocycles. The maximum Gasteiger partial charge on any atom is 0.135 e. The van der Waals surface area contributed by atoms with Gasteiger partial charge in [-0.05, 0) is 114 Å². The minimum absolute atomic E-state index is 0.0261. The van der Waals surface area contributed by atoms with Crippen molar-refractivity contribution in [2.45, 2.75) is 18.4 Å². The molecular weight excluding hydrogens is 651 g/mol. The first-order valence-corrected chi connectivity index (χ1v) is 18.1. The number of anilines is 3. The molecule has 2 unspecified atom stereocenters. The van der Waals surface area contributed by atoms with Crippen LogP contribution in [-0.4, -0.2) is 6.10 Å². The Balaban J connectivity index is 0.992. The summed E-state index contributed by atoms with van der Waals surface area (Å²) in [7, 11) is 0. The number of para-hydroxylation sites is 2. The van der Waals surface area contributed by atoms with Crippen molar-refractivity contribution in [1.29, 1.82) is 0 Å². The lowest BCUT2D eigenvalue weighted by Crippen LogP contribution is -2.32. The van der Waals surface area contributed by atoms with Crippen LogP contribution >= 0.6 is 0 Å². The summed E-state index contributed by atoms with van der Waals surface area (Å²) in [6, 6.07) is 53.7. The molecule has 0 saturated carbocycles. The number of furan rings is 2. The molecule has 9 aromatic rings. The Morgan fingerprint density at radius 3 is 1.68 bits per heavy atom. The zero-order valence-electron chi connectivity index (χ0n) is 29.0. The van der Waals surface area contributed by atoms with Crippen molar-refractivity contribution < 1.29 is 13.6 Å². The highest BCUT2D eigenvalue weighted by molar-refractivity contribution is 6.07. The van der Waals surface area contributed by atoms with Crippen molar-refractivity contribution in [3.05, 3.63) is 182 Å². The SMILES string of the molecule is CC12C=CC=CC1Oc1ccc(-c3ccc(N(c4ccc(-c5ccc6oc7ccccc7c6c5)cc4)c4ccc5oc6ccccc6c5c4)cc3)cc12. The van der Waals surface area contributed by atoms with E-state index >= 15 is 0 Å². The first-order chi connectivity index (χ1) is 26.1. The van der Waals surface area contributed by atoms with E-state index in [-0.39, 0.29) is 11.5 Å². The van der Waals surface area contributed by atoms with Gasteiger partial charge in [-0.15, -0.1) is 0 Å². The molecule has 0 spiro atoms. The molecule has 7 aromatic carbocycles. The summed E-state index contributed by atoms with van der Waals surface area (Å²) in [5, 5.41) is 4.46. The van der Waals surface area contributed by atoms with Crippen molar-refractivity contribution >= 4 is 60.9 Å². The van der Waals surface area contributed by atoms with E-state index in [1.807, 2.05) is 24.3 Å². The van der Waals surface area contributed by atoms with E-state index in [2.05, 4.69) is 164 Å². The van der Waals surface area contributed by atoms with E-state index < -0.39 is 0 Å². The summed E-state index contributed by atoms with van der Waals surface area (Å²) in [6.45, 7) is 2.26. The third-order valence-electron chi connectivity index (χ3n) is 11.2. The predicted molar refractivity (Wildman–Crippen MR) is 217 cm³/mol. The summed E-state index contributed by atoms with van der Waals surface area (Å²) in [4.78, 5) is 2.32. The molecule has 0 radical (unpaired) electrons. The number of benzene rings is 7. The predicted octanol–water partition coefficient (Wildman–Crippen LogP) is 13.4. The molecule has 11 rings (SSSR count). The first-order valence-electron chi connectivity index (χ1n) is 18.1. The fourth-order valence-electron chi connectivity index (χ4n) is 8.30. The Morgan fingerprint density at radius 2 is 1.00 bits per heavy atom. The van der Waals surface area contributed by atoms with Gasteiger partial charge in [0.15, 0.2) is 0 Å². The van der Waals surface area contributed by atoms with E-state index in [0.717, 1.165) is 83.4 Å². The summed E-state index contributed by atoms with van der Waals surface area (Å²) in [5.74, 6) is 0.962. The van der Waals surface area contributed by atoms with E-state index in [4.69, 9.17) is 13.6 Å². The Labute approximate surface area is 306 Å². The van der Waals surface area contributed by atoms with Gasteiger partial charge in [0.05, 0.1) is 5.41 Å². The standard InChI is InChI=1S/C49H33NO3/c1-49-27-7-6-12-48(49)53-47-25-18-34(29-42(47)49)32-15-21-36(22-16-32)50(37-23-26-46-41(30-37)39-9-3-5-11-44(39)52-46)35-19-13-31(14-20-35)33-17-24-45-40(28-33)38-8-2-4-10-43(38)51-45/h2-30,48H,1H3. The third-order valence-corrected chi connectivity index (χ3v) is 11.2. The van der Waals surface area contributed by atoms with Gasteiger partial charge in [-0.1, -0.05) is 91.0 Å². The number of nitrogens with zero attached hydrogens (tertiary/aromatic N) is 1. The minimum atomic E-state index is -0.170. The molecule has 2 atom stereocenters. The fraction of sp³-hybridized carbons (Fsp3) is 0.0612. The van der Waals surface area contributed by atoms with Crippen molar-refractivity contribution in [1.82, 2.24) is 0 Å². The lowest BCUT2D eigenvalue weighted by Gasteiger charge is -2.27. The molecule has 1 aliphatic carbocycles. The van der Waals surface area contributed by atoms with Crippen LogP contribution in [0.1, 0.15) is 12.5 Å². The molecule has 252 valence electrons. The highest BCUT2D eigenvalue weighted by Crippen LogP contribution is 2.48. The van der Waals surface area contributed by atoms with Gasteiger partial charge in [0.2, 0.25) is 0 Å². The smallest absolute Gasteiger partial charge is 0.135 e. The Bertz CT molecular complexity index is 2950. The molecule has 0 amide bonds. The van der Waals surface area contributed by atoms with Gasteiger partial charge in [-0.2, -0.15) is 0 Å². The zero-order chi connectivity index (χ0) is 35.1. The van der Waals surface area contributed by atoms with Crippen LogP contribution in [-0.2, 0) is 5.41 Å². The molecule has 0 bridgehead atoms. The van der Waals surface area contributed by atoms with Crippen molar-refractivity contribution in [3.8, 4) is 28.0 Å². The highest BCUT2D eigenvalue weighted by Gasteiger charge is 2.43. The Kier molecular flexibility index (Phi) is 6.41. The average molecular weight is 684 g/mol. The quantitative estimate of drug-likeness (QED) is 0.181. The van der Waals surface area contributed by atoms with Crippen molar-refractivity contribution in [2.24, 2.45) is 0 Å². The number of hydrogen-bond donors (Lipinski definition) is 0. The van der Waals surface area contributed by atoms with Crippen LogP contribution in [0.3, 0.4) is 0 Å². The maximum absolute atomic E-state index is 6.32. The van der Waals surface area contributed by atoms with Crippen LogP contribution in [0, 0.1) is 0 Å². The summed E-state index contributed by atoms with van der Waals surface area (Å²) in [5.41, 5.74) is 12.5. The molecule has 53 heavy (non-hydrogen) atoms. The van der Waals surface area contributed by atoms with Crippen LogP contribution in [0.5, 0.6) is 5.75 Å². The number of hydrogen-bond acceptors (Lipinski definition) is 4. The van der Waals surface area contributed by atoms with Crippen LogP contribution in [0.2, 0.25) is 0 Å². The largest absolute Gasteiger partial charge is 0.485 e. The molecule has 3 heterocycles. The van der Waals surface area contributed by atoms with E-state index in [9.17, 15) is 0 Å². The first kappa shape index (κ1) is 29.9. The summed E-state index contributed by atoms with van der Waals surface area (Å²) in [6.07, 6.45) is 8.64. The molecule has 0 N–H and O–H groups in total. The lowest BCUT2D eigenvalue weighted by atomic mass is 9.76. The molecule has 2 aliphatic rings. The van der Waals surface area contributed by atoms with Gasteiger partial charge in [-0.25, -0.2) is 0 Å². The maximum atomic E-state index is 6.32. The average Bonchev–Trinajstić information content (AvgIpc) is 3.87. The number of rotatable bonds is 5. The molecule has 1 aliphatic heterocycles.